The van der Waals surface area contributed by atoms with Gasteiger partial charge in [0.1, 0.15) is 22.8 Å². The molecule has 0 aromatic heterocycles. The Bertz CT molecular complexity index is 447. The minimum Gasteiger partial charge on any atom is -0.497 e. The summed E-state index contributed by atoms with van der Waals surface area (Å²) in [7, 11) is 3.23. The molecule has 0 N–H and O–H groups in total. The van der Waals surface area contributed by atoms with Gasteiger partial charge >= 0.3 is 0 Å². The fraction of sp³-hybridized carbons (Fsp3) is 0.462. The van der Waals surface area contributed by atoms with Crippen LogP contribution in [0.25, 0.3) is 0 Å². The molecule has 1 unspecified atom stereocenters. The number of amides is 1. The van der Waals surface area contributed by atoms with Gasteiger partial charge in [0.25, 0.3) is 0 Å². The summed E-state index contributed by atoms with van der Waals surface area (Å²) in [5.41, 5.74) is 0.997. The maximum Gasteiger partial charge on any atom is 0.238 e. The van der Waals surface area contributed by atoms with Crippen LogP contribution in [-0.4, -0.2) is 43.2 Å². The predicted octanol–water partition coefficient (Wildman–Crippen LogP) is 2.52. The second kappa shape index (κ2) is 6.39. The van der Waals surface area contributed by atoms with Crippen LogP contribution < -0.4 is 9.47 Å². The van der Waals surface area contributed by atoms with Crippen molar-refractivity contribution in [2.45, 2.75) is 5.37 Å². The predicted molar refractivity (Wildman–Crippen MR) is 77.2 cm³/mol. The average molecular weight is 302 g/mol. The number of thioether (sulfide) groups is 1. The van der Waals surface area contributed by atoms with Crippen LogP contribution in [0.2, 0.25) is 0 Å². The van der Waals surface area contributed by atoms with E-state index in [4.69, 9.17) is 21.1 Å². The third-order valence-electron chi connectivity index (χ3n) is 2.98. The Hall–Kier alpha value is -1.07. The molecular formula is C13H16ClNO3S. The number of methoxy groups -OCH3 is 2. The molecule has 1 atom stereocenters. The molecule has 1 amide bonds. The quantitative estimate of drug-likeness (QED) is 0.801. The van der Waals surface area contributed by atoms with Crippen molar-refractivity contribution in [3.05, 3.63) is 23.8 Å². The van der Waals surface area contributed by atoms with Gasteiger partial charge in [0.15, 0.2) is 0 Å². The van der Waals surface area contributed by atoms with E-state index in [0.717, 1.165) is 29.4 Å². The second-order valence-corrected chi connectivity index (χ2v) is 5.55. The molecule has 0 bridgehead atoms. The lowest BCUT2D eigenvalue weighted by molar-refractivity contribution is -0.128. The van der Waals surface area contributed by atoms with Crippen LogP contribution in [-0.2, 0) is 4.79 Å². The zero-order valence-electron chi connectivity index (χ0n) is 10.9. The largest absolute Gasteiger partial charge is 0.497 e. The number of carbonyl (C=O) groups is 1. The van der Waals surface area contributed by atoms with Crippen LogP contribution >= 0.6 is 23.4 Å². The van der Waals surface area contributed by atoms with Crippen molar-refractivity contribution in [2.75, 3.05) is 32.4 Å². The number of benzene rings is 1. The monoisotopic (exact) mass is 301 g/mol. The first-order valence-electron chi connectivity index (χ1n) is 5.89. The Labute approximate surface area is 122 Å². The molecule has 6 heteroatoms. The standard InChI is InChI=1S/C13H16ClNO3S/c1-17-10-5-9(6-11(7-10)18-2)13-15(3-4-19-13)12(16)8-14/h5-7,13H,3-4,8H2,1-2H3. The lowest BCUT2D eigenvalue weighted by Crippen LogP contribution is -2.31. The van der Waals surface area contributed by atoms with Gasteiger partial charge in [-0.2, -0.15) is 0 Å². The summed E-state index contributed by atoms with van der Waals surface area (Å²) >= 11 is 7.37. The number of hydrogen-bond acceptors (Lipinski definition) is 4. The maximum absolute atomic E-state index is 11.8. The summed E-state index contributed by atoms with van der Waals surface area (Å²) in [6, 6.07) is 5.68. The first-order chi connectivity index (χ1) is 9.19. The highest BCUT2D eigenvalue weighted by atomic mass is 35.5. The molecule has 104 valence electrons. The topological polar surface area (TPSA) is 38.8 Å². The third kappa shape index (κ3) is 3.09. The molecule has 1 fully saturated rings. The van der Waals surface area contributed by atoms with Crippen LogP contribution in [0, 0.1) is 0 Å². The van der Waals surface area contributed by atoms with Crippen molar-refractivity contribution >= 4 is 29.3 Å². The number of alkyl halides is 1. The van der Waals surface area contributed by atoms with Gasteiger partial charge in [-0.05, 0) is 17.7 Å². The molecule has 1 aromatic carbocycles. The number of rotatable bonds is 4. The van der Waals surface area contributed by atoms with Gasteiger partial charge in [-0.15, -0.1) is 23.4 Å². The van der Waals surface area contributed by atoms with E-state index in [9.17, 15) is 4.79 Å². The molecule has 0 spiro atoms. The zero-order valence-corrected chi connectivity index (χ0v) is 12.5. The lowest BCUT2D eigenvalue weighted by Gasteiger charge is -2.24. The third-order valence-corrected chi connectivity index (χ3v) is 4.47. The summed E-state index contributed by atoms with van der Waals surface area (Å²) < 4.78 is 10.5. The van der Waals surface area contributed by atoms with E-state index >= 15 is 0 Å². The molecule has 1 aliphatic rings. The highest BCUT2D eigenvalue weighted by molar-refractivity contribution is 7.99. The SMILES string of the molecule is COc1cc(OC)cc(C2SCCN2C(=O)CCl)c1. The minimum absolute atomic E-state index is 0.0121. The highest BCUT2D eigenvalue weighted by Crippen LogP contribution is 2.40. The van der Waals surface area contributed by atoms with Crippen molar-refractivity contribution in [1.82, 2.24) is 4.90 Å². The van der Waals surface area contributed by atoms with E-state index in [-0.39, 0.29) is 17.2 Å². The van der Waals surface area contributed by atoms with E-state index in [1.807, 2.05) is 18.2 Å². The molecule has 0 radical (unpaired) electrons. The van der Waals surface area contributed by atoms with E-state index in [1.165, 1.54) is 0 Å². The number of nitrogens with zero attached hydrogens (tertiary/aromatic N) is 1. The van der Waals surface area contributed by atoms with Crippen LogP contribution in [0.5, 0.6) is 11.5 Å². The molecule has 19 heavy (non-hydrogen) atoms. The van der Waals surface area contributed by atoms with Crippen molar-refractivity contribution < 1.29 is 14.3 Å². The Morgan fingerprint density at radius 1 is 1.37 bits per heavy atom. The van der Waals surface area contributed by atoms with E-state index in [1.54, 1.807) is 30.9 Å². The molecule has 1 aliphatic heterocycles. The van der Waals surface area contributed by atoms with Crippen LogP contribution in [0.1, 0.15) is 10.9 Å². The van der Waals surface area contributed by atoms with Gasteiger partial charge in [-0.3, -0.25) is 4.79 Å². The van der Waals surface area contributed by atoms with E-state index in [0.29, 0.717) is 0 Å². The fourth-order valence-corrected chi connectivity index (χ4v) is 3.46. The average Bonchev–Trinajstić information content (AvgIpc) is 2.95. The lowest BCUT2D eigenvalue weighted by atomic mass is 10.2. The minimum atomic E-state index is -0.0431. The summed E-state index contributed by atoms with van der Waals surface area (Å²) in [6.45, 7) is 0.723. The number of carbonyl (C=O) groups excluding carboxylic acids is 1. The molecule has 1 aromatic rings. The fourth-order valence-electron chi connectivity index (χ4n) is 2.05. The van der Waals surface area contributed by atoms with Crippen molar-refractivity contribution in [3.8, 4) is 11.5 Å². The van der Waals surface area contributed by atoms with Crippen molar-refractivity contribution in [1.29, 1.82) is 0 Å². The van der Waals surface area contributed by atoms with Gasteiger partial charge in [0.2, 0.25) is 5.91 Å². The number of halogens is 1. The zero-order chi connectivity index (χ0) is 13.8. The summed E-state index contributed by atoms with van der Waals surface area (Å²) in [5, 5.41) is -0.0183. The molecule has 0 aliphatic carbocycles. The van der Waals surface area contributed by atoms with Gasteiger partial charge < -0.3 is 14.4 Å². The van der Waals surface area contributed by atoms with Crippen molar-refractivity contribution in [2.24, 2.45) is 0 Å². The van der Waals surface area contributed by atoms with E-state index in [2.05, 4.69) is 0 Å². The summed E-state index contributed by atoms with van der Waals surface area (Å²) in [4.78, 5) is 13.6. The number of hydrogen-bond donors (Lipinski definition) is 0. The first kappa shape index (κ1) is 14.3. The Balaban J connectivity index is 2.31. The molecule has 4 nitrogen and oxygen atoms in total. The maximum atomic E-state index is 11.8. The number of ether oxygens (including phenoxy) is 2. The normalized spacial score (nSPS) is 18.5. The van der Waals surface area contributed by atoms with Gasteiger partial charge in [0.05, 0.1) is 14.2 Å². The van der Waals surface area contributed by atoms with Crippen molar-refractivity contribution in [3.63, 3.8) is 0 Å². The van der Waals surface area contributed by atoms with E-state index < -0.39 is 0 Å². The van der Waals surface area contributed by atoms with Crippen LogP contribution in [0.3, 0.4) is 0 Å². The molecule has 1 saturated heterocycles. The highest BCUT2D eigenvalue weighted by Gasteiger charge is 2.30. The molecule has 1 heterocycles. The van der Waals surface area contributed by atoms with Gasteiger partial charge in [-0.1, -0.05) is 0 Å². The smallest absolute Gasteiger partial charge is 0.238 e. The molecule has 0 saturated carbocycles. The van der Waals surface area contributed by atoms with Gasteiger partial charge in [0, 0.05) is 18.4 Å². The Kier molecular flexibility index (Phi) is 4.82. The Morgan fingerprint density at radius 2 is 2.00 bits per heavy atom. The summed E-state index contributed by atoms with van der Waals surface area (Å²) in [5.74, 6) is 2.32. The summed E-state index contributed by atoms with van der Waals surface area (Å²) in [6.07, 6.45) is 0. The Morgan fingerprint density at radius 3 is 2.53 bits per heavy atom. The first-order valence-corrected chi connectivity index (χ1v) is 7.48. The van der Waals surface area contributed by atoms with Crippen LogP contribution in [0.4, 0.5) is 0 Å². The molecule has 2 rings (SSSR count). The van der Waals surface area contributed by atoms with Gasteiger partial charge in [-0.25, -0.2) is 0 Å². The molecular weight excluding hydrogens is 286 g/mol. The second-order valence-electron chi connectivity index (χ2n) is 4.09. The van der Waals surface area contributed by atoms with Crippen LogP contribution in [0.15, 0.2) is 18.2 Å².